The van der Waals surface area contributed by atoms with Crippen LogP contribution in [0.2, 0.25) is 0 Å². The maximum absolute atomic E-state index is 10.3. The molecule has 0 heterocycles. The molecule has 2 heteroatoms. The number of hydrogen-bond donors (Lipinski definition) is 1. The summed E-state index contributed by atoms with van der Waals surface area (Å²) in [6, 6.07) is 0. The summed E-state index contributed by atoms with van der Waals surface area (Å²) in [5.41, 5.74) is 0. The number of rotatable bonds is 3. The maximum Gasteiger partial charge on any atom is 0.0607 e. The topological polar surface area (TPSA) is 29.5 Å². The number of ether oxygens (including phenoxy) is 1. The molecule has 0 aromatic heterocycles. The van der Waals surface area contributed by atoms with Gasteiger partial charge in [-0.15, -0.1) is 0 Å². The molecule has 10 atom stereocenters. The van der Waals surface area contributed by atoms with Crippen LogP contribution in [0.1, 0.15) is 90.4 Å². The van der Waals surface area contributed by atoms with Crippen molar-refractivity contribution in [2.75, 3.05) is 6.61 Å². The molecule has 5 rings (SSSR count). The maximum atomic E-state index is 10.3. The highest BCUT2D eigenvalue weighted by atomic mass is 16.5. The van der Waals surface area contributed by atoms with E-state index in [0.717, 1.165) is 48.5 Å². The molecule has 0 amide bonds. The van der Waals surface area contributed by atoms with Crippen molar-refractivity contribution in [1.29, 1.82) is 0 Å². The molecule has 27 heavy (non-hydrogen) atoms. The lowest BCUT2D eigenvalue weighted by molar-refractivity contribution is -0.0862. The fraction of sp³-hybridized carbons (Fsp3) is 1.00. The predicted octanol–water partition coefficient (Wildman–Crippen LogP) is 5.82. The van der Waals surface area contributed by atoms with Gasteiger partial charge in [-0.05, 0) is 92.3 Å². The average molecular weight is 375 g/mol. The van der Waals surface area contributed by atoms with Gasteiger partial charge in [-0.1, -0.05) is 45.4 Å². The van der Waals surface area contributed by atoms with E-state index < -0.39 is 0 Å². The lowest BCUT2D eigenvalue weighted by Gasteiger charge is -2.52. The van der Waals surface area contributed by atoms with E-state index in [1.807, 2.05) is 0 Å². The van der Waals surface area contributed by atoms with E-state index >= 15 is 0 Å². The van der Waals surface area contributed by atoms with Gasteiger partial charge in [-0.25, -0.2) is 0 Å². The van der Waals surface area contributed by atoms with Gasteiger partial charge < -0.3 is 9.84 Å². The second kappa shape index (κ2) is 7.98. The minimum Gasteiger partial charge on any atom is -0.393 e. The van der Waals surface area contributed by atoms with Gasteiger partial charge in [0.2, 0.25) is 0 Å². The van der Waals surface area contributed by atoms with E-state index in [9.17, 15) is 5.11 Å². The van der Waals surface area contributed by atoms with Gasteiger partial charge in [0, 0.05) is 0 Å². The van der Waals surface area contributed by atoms with Gasteiger partial charge in [-0.3, -0.25) is 0 Å². The SMILES string of the molecule is CC1CCC2C(C1)CC1CCCCC1C2COC1CCCCC(O)C2CC12. The van der Waals surface area contributed by atoms with E-state index in [2.05, 4.69) is 6.92 Å². The summed E-state index contributed by atoms with van der Waals surface area (Å²) in [5.74, 6) is 6.94. The standard InChI is InChI=1S/C25H42O2/c1-16-10-11-20-18(12-16)13-17-6-2-3-7-19(17)23(20)15-27-25-9-5-4-8-24(26)21-14-22(21)25/h16-26H,2-15H2,1H3. The lowest BCUT2D eigenvalue weighted by Crippen LogP contribution is -2.46. The van der Waals surface area contributed by atoms with Crippen LogP contribution in [0.25, 0.3) is 0 Å². The molecule has 5 aliphatic rings. The third-order valence-corrected chi connectivity index (χ3v) is 9.58. The molecule has 0 aromatic carbocycles. The summed E-state index contributed by atoms with van der Waals surface area (Å²) in [7, 11) is 0. The van der Waals surface area contributed by atoms with Crippen molar-refractivity contribution in [3.8, 4) is 0 Å². The van der Waals surface area contributed by atoms with Gasteiger partial charge in [0.15, 0.2) is 0 Å². The summed E-state index contributed by atoms with van der Waals surface area (Å²) < 4.78 is 6.77. The third-order valence-electron chi connectivity index (χ3n) is 9.58. The Morgan fingerprint density at radius 3 is 2.41 bits per heavy atom. The van der Waals surface area contributed by atoms with Gasteiger partial charge in [-0.2, -0.15) is 0 Å². The number of fused-ring (bicyclic) bond motifs is 3. The first-order valence-electron chi connectivity index (χ1n) is 12.5. The van der Waals surface area contributed by atoms with Crippen molar-refractivity contribution in [3.63, 3.8) is 0 Å². The van der Waals surface area contributed by atoms with E-state index in [1.54, 1.807) is 0 Å². The zero-order valence-corrected chi connectivity index (χ0v) is 17.5. The molecule has 0 bridgehead atoms. The smallest absolute Gasteiger partial charge is 0.0607 e. The Hall–Kier alpha value is -0.0800. The van der Waals surface area contributed by atoms with Crippen LogP contribution in [0, 0.1) is 47.3 Å². The third kappa shape index (κ3) is 3.87. The highest BCUT2D eigenvalue weighted by Gasteiger charge is 2.50. The molecule has 10 unspecified atom stereocenters. The molecule has 154 valence electrons. The van der Waals surface area contributed by atoms with Crippen molar-refractivity contribution < 1.29 is 9.84 Å². The average Bonchev–Trinajstić information content (AvgIpc) is 3.45. The van der Waals surface area contributed by atoms with Crippen molar-refractivity contribution >= 4 is 0 Å². The number of aliphatic hydroxyl groups excluding tert-OH is 1. The summed E-state index contributed by atoms with van der Waals surface area (Å²) in [6.07, 6.45) is 18.2. The van der Waals surface area contributed by atoms with Crippen LogP contribution in [0.15, 0.2) is 0 Å². The summed E-state index contributed by atoms with van der Waals surface area (Å²) in [4.78, 5) is 0. The molecule has 0 spiro atoms. The van der Waals surface area contributed by atoms with E-state index in [1.165, 1.54) is 77.0 Å². The Morgan fingerprint density at radius 1 is 0.704 bits per heavy atom. The molecule has 0 radical (unpaired) electrons. The van der Waals surface area contributed by atoms with Crippen LogP contribution in [0.4, 0.5) is 0 Å². The van der Waals surface area contributed by atoms with Crippen molar-refractivity contribution in [1.82, 2.24) is 0 Å². The normalized spacial score (nSPS) is 52.7. The van der Waals surface area contributed by atoms with Gasteiger partial charge in [0.25, 0.3) is 0 Å². The Kier molecular flexibility index (Phi) is 5.59. The monoisotopic (exact) mass is 374 g/mol. The highest BCUT2D eigenvalue weighted by molar-refractivity contribution is 4.99. The van der Waals surface area contributed by atoms with Crippen LogP contribution < -0.4 is 0 Å². The molecule has 0 saturated heterocycles. The zero-order valence-electron chi connectivity index (χ0n) is 17.5. The Balaban J connectivity index is 1.26. The molecule has 5 saturated carbocycles. The molecule has 5 aliphatic carbocycles. The molecule has 5 fully saturated rings. The second-order valence-corrected chi connectivity index (χ2v) is 11.2. The predicted molar refractivity (Wildman–Crippen MR) is 109 cm³/mol. The van der Waals surface area contributed by atoms with E-state index in [-0.39, 0.29) is 6.10 Å². The molecule has 0 aromatic rings. The molecular formula is C25H42O2. The summed E-state index contributed by atoms with van der Waals surface area (Å²) in [6.45, 7) is 3.53. The zero-order chi connectivity index (χ0) is 18.4. The van der Waals surface area contributed by atoms with Crippen LogP contribution in [0.5, 0.6) is 0 Å². The van der Waals surface area contributed by atoms with Gasteiger partial charge in [0.05, 0.1) is 18.8 Å². The van der Waals surface area contributed by atoms with Gasteiger partial charge >= 0.3 is 0 Å². The molecule has 0 aliphatic heterocycles. The highest BCUT2D eigenvalue weighted by Crippen LogP contribution is 2.55. The van der Waals surface area contributed by atoms with Crippen LogP contribution in [-0.2, 0) is 4.74 Å². The van der Waals surface area contributed by atoms with Crippen LogP contribution >= 0.6 is 0 Å². The van der Waals surface area contributed by atoms with E-state index in [4.69, 9.17) is 4.74 Å². The van der Waals surface area contributed by atoms with Crippen LogP contribution in [0.3, 0.4) is 0 Å². The van der Waals surface area contributed by atoms with Crippen molar-refractivity contribution in [2.24, 2.45) is 47.3 Å². The summed E-state index contributed by atoms with van der Waals surface area (Å²) >= 11 is 0. The fourth-order valence-electron chi connectivity index (χ4n) is 8.08. The summed E-state index contributed by atoms with van der Waals surface area (Å²) in [5, 5.41) is 10.3. The Labute approximate surface area is 166 Å². The largest absolute Gasteiger partial charge is 0.393 e. The Morgan fingerprint density at radius 2 is 1.48 bits per heavy atom. The molecule has 1 N–H and O–H groups in total. The first-order chi connectivity index (χ1) is 13.2. The minimum absolute atomic E-state index is 0.0389. The lowest BCUT2D eigenvalue weighted by atomic mass is 9.54. The quantitative estimate of drug-likeness (QED) is 0.674. The molecular weight excluding hydrogens is 332 g/mol. The minimum atomic E-state index is -0.0389. The second-order valence-electron chi connectivity index (χ2n) is 11.2. The number of aliphatic hydroxyl groups is 1. The number of hydrogen-bond acceptors (Lipinski definition) is 2. The van der Waals surface area contributed by atoms with E-state index in [0.29, 0.717) is 17.9 Å². The first kappa shape index (κ1) is 18.9. The van der Waals surface area contributed by atoms with Gasteiger partial charge in [0.1, 0.15) is 0 Å². The van der Waals surface area contributed by atoms with Crippen LogP contribution in [-0.4, -0.2) is 23.9 Å². The fourth-order valence-corrected chi connectivity index (χ4v) is 8.08. The molecule has 2 nitrogen and oxygen atoms in total. The Bertz CT molecular complexity index is 505. The van der Waals surface area contributed by atoms with Crippen molar-refractivity contribution in [2.45, 2.75) is 103 Å². The van der Waals surface area contributed by atoms with Crippen molar-refractivity contribution in [3.05, 3.63) is 0 Å². The first-order valence-corrected chi connectivity index (χ1v) is 12.5.